The largest absolute Gasteiger partial charge is 0.388 e. The van der Waals surface area contributed by atoms with Crippen molar-refractivity contribution in [3.8, 4) is 0 Å². The van der Waals surface area contributed by atoms with Crippen LogP contribution in [0.2, 0.25) is 13.3 Å². The number of anilines is 4. The first-order valence-electron chi connectivity index (χ1n) is 44.9. The fourth-order valence-corrected chi connectivity index (χ4v) is 25.6. The zero-order valence-corrected chi connectivity index (χ0v) is 86.6. The molecule has 0 unspecified atom stereocenters. The van der Waals surface area contributed by atoms with Crippen molar-refractivity contribution in [2.24, 2.45) is 0 Å². The average molecular weight is 1850 g/mol. The number of aromatic amines is 1. The van der Waals surface area contributed by atoms with Crippen LogP contribution in [0.4, 0.5) is 22.7 Å². The molecular weight excluding hydrogens is 1640 g/mol. The molecule has 0 aliphatic carbocycles. The molecule has 9 nitrogen and oxygen atoms in total. The summed E-state index contributed by atoms with van der Waals surface area (Å²) in [6.07, 6.45) is 30.2. The summed E-state index contributed by atoms with van der Waals surface area (Å²) in [5.41, 5.74) is 11.8. The average Bonchev–Trinajstić information content (AvgIpc) is 1.54. The Labute approximate surface area is 745 Å². The number of rotatable bonds is 28. The van der Waals surface area contributed by atoms with Gasteiger partial charge >= 0.3 is 124 Å². The van der Waals surface area contributed by atoms with Crippen LogP contribution in [0.25, 0.3) is 0 Å². The van der Waals surface area contributed by atoms with Crippen LogP contribution in [0.5, 0.6) is 0 Å². The first-order valence-corrected chi connectivity index (χ1v) is 54.7. The summed E-state index contributed by atoms with van der Waals surface area (Å²) < 4.78 is 8.28. The Bertz CT molecular complexity index is 2530. The van der Waals surface area contributed by atoms with Gasteiger partial charge in [-0.05, 0) is 134 Å². The number of halogens is 2. The fourth-order valence-electron chi connectivity index (χ4n) is 9.57. The van der Waals surface area contributed by atoms with Crippen LogP contribution < -0.4 is 31.1 Å². The molecule has 0 bridgehead atoms. The summed E-state index contributed by atoms with van der Waals surface area (Å²) in [7, 11) is 3.91. The van der Waals surface area contributed by atoms with Gasteiger partial charge in [0.2, 0.25) is 0 Å². The predicted octanol–water partition coefficient (Wildman–Crippen LogP) is 35.9. The van der Waals surface area contributed by atoms with Gasteiger partial charge in [-0.2, -0.15) is 0 Å². The van der Waals surface area contributed by atoms with Gasteiger partial charge < -0.3 is 37.0 Å². The second-order valence-corrected chi connectivity index (χ2v) is 35.8. The van der Waals surface area contributed by atoms with E-state index in [2.05, 4.69) is 264 Å². The third-order valence-corrected chi connectivity index (χ3v) is 30.8. The summed E-state index contributed by atoms with van der Waals surface area (Å²) in [6, 6.07) is 54.3. The molecule has 0 atom stereocenters. The van der Waals surface area contributed by atoms with E-state index in [9.17, 15) is 0 Å². The summed E-state index contributed by atoms with van der Waals surface area (Å²) >= 11 is 4.63. The van der Waals surface area contributed by atoms with Gasteiger partial charge in [0.25, 0.3) is 0 Å². The Morgan fingerprint density at radius 1 is 0.339 bits per heavy atom. The zero-order valence-electron chi connectivity index (χ0n) is 80.5. The summed E-state index contributed by atoms with van der Waals surface area (Å²) in [5, 5.41) is 15.3. The van der Waals surface area contributed by atoms with Crippen molar-refractivity contribution in [2.45, 2.75) is 367 Å². The van der Waals surface area contributed by atoms with E-state index in [4.69, 9.17) is 4.98 Å². The fraction of sp³-hybridized carbons (Fsp3) is 0.592. The first kappa shape index (κ1) is 148. The van der Waals surface area contributed by atoms with E-state index >= 15 is 0 Å². The quantitative estimate of drug-likeness (QED) is 0.0164. The van der Waals surface area contributed by atoms with Gasteiger partial charge in [0.1, 0.15) is 0 Å². The molecule has 8 rings (SSSR count). The van der Waals surface area contributed by atoms with Crippen LogP contribution in [-0.2, 0) is 38.6 Å². The van der Waals surface area contributed by atoms with Crippen LogP contribution >= 0.6 is 31.9 Å². The predicted molar refractivity (Wildman–Crippen MR) is 560 cm³/mol. The number of unbranched alkanes of at least 4 members (excludes halogenated alkanes) is 3. The van der Waals surface area contributed by atoms with Crippen molar-refractivity contribution in [3.63, 3.8) is 0 Å². The van der Waals surface area contributed by atoms with Crippen molar-refractivity contribution in [1.29, 1.82) is 0 Å². The van der Waals surface area contributed by atoms with Crippen LogP contribution in [0.3, 0.4) is 0 Å². The van der Waals surface area contributed by atoms with E-state index in [1.807, 2.05) is 241 Å². The van der Waals surface area contributed by atoms with Crippen LogP contribution in [0, 0.1) is 0 Å². The van der Waals surface area contributed by atoms with Crippen LogP contribution in [-0.4, -0.2) is 75.7 Å². The van der Waals surface area contributed by atoms with Gasteiger partial charge in [-0.25, -0.2) is 0 Å². The van der Waals surface area contributed by atoms with E-state index in [1.54, 1.807) is 3.71 Å². The molecule has 0 fully saturated rings. The molecule has 4 aromatic carbocycles. The molecular formula is C103H203Br2N9Sn. The molecule has 0 spiro atoms. The molecule has 0 radical (unpaired) electrons. The van der Waals surface area contributed by atoms with Crippen molar-refractivity contribution < 1.29 is 0 Å². The molecule has 4 aromatic heterocycles. The minimum atomic E-state index is -2.21. The van der Waals surface area contributed by atoms with Gasteiger partial charge in [0.15, 0.2) is 0 Å². The second-order valence-electron chi connectivity index (χ2n) is 21.2. The number of aryl methyl sites for hydroxylation is 6. The van der Waals surface area contributed by atoms with Gasteiger partial charge in [0.05, 0.1) is 0 Å². The number of aromatic nitrogens is 4. The Morgan fingerprint density at radius 2 is 0.635 bits per heavy atom. The molecule has 12 heteroatoms. The van der Waals surface area contributed by atoms with E-state index in [-0.39, 0.29) is 28.4 Å². The smallest absolute Gasteiger partial charge is 0.0403 e. The monoisotopic (exact) mass is 1840 g/mol. The number of nitrogens with zero attached hydrogens (tertiary/aromatic N) is 3. The molecule has 0 aliphatic rings. The number of nitrogens with one attached hydrogen (secondary N) is 5. The number of alkyl halides is 2. The van der Waals surface area contributed by atoms with E-state index in [1.165, 1.54) is 115 Å². The topological polar surface area (TPSA) is 130 Å². The standard InChI is InChI=1S/2C11H16BrN.2C9H13N.C8H11N.C7H11N.C5H4N.C4H5N.3C4H9.12C2H6.3CH4.H3N.Sn/c2*1-2-10-6-3-4-7-11(10)13-9-5-8-12;2*1-3-8-6-4-5-7-9(8)10-2;1-2-5-8-6-3-4-7-9-8;1-2-5-8-6-3-4-7-8;1-2-4-6-5-3-1;1-2-4-5-3-1;3*1-3-4-2;12*1-2;;;;;/h2*3-4,6-7,13H,2,5,8-9H2,1H3;2*4-7,10H,3H2,1-2H3;3-4,6-7H,2,5H2,1H3;3-4,6-7H,2,5H2,1H3;1-4H;1-5H;3*1,3-4H2,2H3;12*1-2H3;3*1H4;1H3;. The van der Waals surface area contributed by atoms with Crippen LogP contribution in [0.15, 0.2) is 195 Å². The van der Waals surface area contributed by atoms with Crippen molar-refractivity contribution >= 4 is 76.7 Å². The molecule has 4 heterocycles. The summed E-state index contributed by atoms with van der Waals surface area (Å²) in [4.78, 5) is 11.8. The number of hydrogen-bond acceptors (Lipinski definition) is 7. The number of pyridine rings is 2. The van der Waals surface area contributed by atoms with E-state index < -0.39 is 18.4 Å². The molecule has 0 saturated carbocycles. The molecule has 8 N–H and O–H groups in total. The summed E-state index contributed by atoms with van der Waals surface area (Å²) in [5.74, 6) is 0. The maximum atomic E-state index is 4.80. The molecule has 678 valence electrons. The van der Waals surface area contributed by atoms with Gasteiger partial charge in [-0.15, -0.1) is 0 Å². The maximum absolute atomic E-state index is 4.80. The molecule has 0 aliphatic heterocycles. The molecule has 0 amide bonds. The molecule has 8 aromatic rings. The normalized spacial score (nSPS) is 8.22. The molecule has 0 saturated heterocycles. The Morgan fingerprint density at radius 3 is 0.870 bits per heavy atom. The SMILES string of the molecule is C.C.C.CC.CC.CC.CC.CC.CC.CC.CC.CC.CC.CC.CC.CCC[CH2][Sn]([CH2]CCC)([CH2]CCC)[c]1ccccn1.CCCc1ccccn1.CCCn1cccc1.CCc1ccccc1NC.CCc1ccccc1NC.CCc1ccccc1NCCCBr.CCc1ccccc1NCCCBr.N.c1cc[nH]c1. The Hall–Kier alpha value is -5.34. The summed E-state index contributed by atoms with van der Waals surface area (Å²) in [6.45, 7) is 71.3. The number of H-pyrrole nitrogens is 1. The first-order chi connectivity index (χ1) is 54.7. The zero-order chi connectivity index (χ0) is 87.7. The number of hydrogen-bond donors (Lipinski definition) is 6. The minimum absolute atomic E-state index is 0. The van der Waals surface area contributed by atoms with E-state index in [0.29, 0.717) is 0 Å². The van der Waals surface area contributed by atoms with Crippen molar-refractivity contribution in [2.75, 3.05) is 59.1 Å². The van der Waals surface area contributed by atoms with Gasteiger partial charge in [0, 0.05) is 104 Å². The number of para-hydroxylation sites is 4. The van der Waals surface area contributed by atoms with Crippen molar-refractivity contribution in [3.05, 3.63) is 223 Å². The van der Waals surface area contributed by atoms with Gasteiger partial charge in [-0.1, -0.05) is 347 Å². The molecule has 115 heavy (non-hydrogen) atoms. The third kappa shape index (κ3) is 92.4. The Kier molecular flexibility index (Phi) is 177. The van der Waals surface area contributed by atoms with Crippen molar-refractivity contribution in [1.82, 2.24) is 25.7 Å². The number of benzene rings is 4. The second kappa shape index (κ2) is 138. The maximum Gasteiger partial charge on any atom is 0.0403 e. The van der Waals surface area contributed by atoms with E-state index in [0.717, 1.165) is 75.2 Å². The third-order valence-electron chi connectivity index (χ3n) is 14.5. The van der Waals surface area contributed by atoms with Gasteiger partial charge in [-0.3, -0.25) is 4.98 Å². The Balaban J connectivity index is -0.0000000675. The minimum Gasteiger partial charge on any atom is -0.388 e. The van der Waals surface area contributed by atoms with Crippen LogP contribution in [0.1, 0.15) is 343 Å².